The standard InChI is InChI=1S/C33H56N8/c1-6-8-13-29(24(21-34)22-37-26-16-18-41(19-17-26)28-11-9-10-12-28)32-31(23(3)36-4)39-30(7-2)33(40(32)5)38-27-15-14-25(35)20-27/h13,21-22,25-28,32,34,36-38H,3,6-12,14-20,35H2,1-2,4-5H3/b24-22+,29-13-,34-21?. The van der Waals surface area contributed by atoms with Crippen molar-refractivity contribution in [1.29, 1.82) is 5.41 Å². The zero-order valence-corrected chi connectivity index (χ0v) is 26.1. The molecule has 41 heavy (non-hydrogen) atoms. The Morgan fingerprint density at radius 2 is 1.83 bits per heavy atom. The van der Waals surface area contributed by atoms with Crippen LogP contribution < -0.4 is 21.7 Å². The molecular formula is C33H56N8. The molecular weight excluding hydrogens is 508 g/mol. The molecule has 4 rings (SSSR count). The van der Waals surface area contributed by atoms with E-state index in [4.69, 9.17) is 16.1 Å². The van der Waals surface area contributed by atoms with Crippen LogP contribution in [0.5, 0.6) is 0 Å². The van der Waals surface area contributed by atoms with Crippen molar-refractivity contribution < 1.29 is 0 Å². The van der Waals surface area contributed by atoms with E-state index in [9.17, 15) is 0 Å². The van der Waals surface area contributed by atoms with Gasteiger partial charge in [-0.25, -0.2) is 4.99 Å². The van der Waals surface area contributed by atoms with Crippen molar-refractivity contribution in [3.8, 4) is 0 Å². The number of unbranched alkanes of at least 4 members (excludes halogenated alkanes) is 1. The van der Waals surface area contributed by atoms with Gasteiger partial charge in [0.2, 0.25) is 0 Å². The second kappa shape index (κ2) is 15.1. The van der Waals surface area contributed by atoms with E-state index in [-0.39, 0.29) is 12.1 Å². The van der Waals surface area contributed by atoms with Crippen molar-refractivity contribution in [3.05, 3.63) is 47.2 Å². The molecule has 0 aromatic rings. The van der Waals surface area contributed by atoms with Crippen LogP contribution in [0.2, 0.25) is 0 Å². The van der Waals surface area contributed by atoms with Gasteiger partial charge in [-0.05, 0) is 63.4 Å². The van der Waals surface area contributed by atoms with Gasteiger partial charge >= 0.3 is 0 Å². The molecule has 2 aliphatic carbocycles. The van der Waals surface area contributed by atoms with Gasteiger partial charge in [0.25, 0.3) is 0 Å². The van der Waals surface area contributed by atoms with Crippen LogP contribution in [0.1, 0.15) is 90.9 Å². The first kappa shape index (κ1) is 31.4. The molecule has 0 aromatic carbocycles. The van der Waals surface area contributed by atoms with Crippen molar-refractivity contribution in [2.24, 2.45) is 10.7 Å². The Bertz CT molecular complexity index is 1030. The molecule has 3 unspecified atom stereocenters. The number of nitrogens with one attached hydrogen (secondary N) is 4. The van der Waals surface area contributed by atoms with Crippen LogP contribution in [-0.4, -0.2) is 79.1 Å². The maximum Gasteiger partial charge on any atom is 0.124 e. The molecule has 0 spiro atoms. The Hall–Kier alpha value is -2.58. The summed E-state index contributed by atoms with van der Waals surface area (Å²) >= 11 is 0. The van der Waals surface area contributed by atoms with Gasteiger partial charge in [-0.15, -0.1) is 0 Å². The Kier molecular flexibility index (Phi) is 11.5. The average Bonchev–Trinajstić information content (AvgIpc) is 3.68. The summed E-state index contributed by atoms with van der Waals surface area (Å²) < 4.78 is 0. The summed E-state index contributed by atoms with van der Waals surface area (Å²) in [6.45, 7) is 11.0. The van der Waals surface area contributed by atoms with Gasteiger partial charge in [0.1, 0.15) is 11.9 Å². The Morgan fingerprint density at radius 3 is 2.41 bits per heavy atom. The smallest absolute Gasteiger partial charge is 0.124 e. The summed E-state index contributed by atoms with van der Waals surface area (Å²) in [5.41, 5.74) is 11.1. The molecule has 0 aromatic heterocycles. The molecule has 1 saturated heterocycles. The lowest BCUT2D eigenvalue weighted by atomic mass is 9.90. The van der Waals surface area contributed by atoms with Gasteiger partial charge in [0.05, 0.1) is 17.1 Å². The minimum absolute atomic E-state index is 0.159. The number of rotatable bonds is 13. The maximum atomic E-state index is 8.50. The number of nitrogens with zero attached hydrogens (tertiary/aromatic N) is 3. The summed E-state index contributed by atoms with van der Waals surface area (Å²) in [6.07, 6.45) is 19.7. The highest BCUT2D eigenvalue weighted by atomic mass is 15.3. The van der Waals surface area contributed by atoms with Gasteiger partial charge in [-0.2, -0.15) is 0 Å². The number of aliphatic imine (C=N–C) groups is 1. The summed E-state index contributed by atoms with van der Waals surface area (Å²) in [7, 11) is 4.07. The van der Waals surface area contributed by atoms with Gasteiger partial charge < -0.3 is 36.9 Å². The topological polar surface area (TPSA) is 105 Å². The largest absolute Gasteiger partial charge is 0.388 e. The van der Waals surface area contributed by atoms with Crippen LogP contribution in [0.15, 0.2) is 52.2 Å². The lowest BCUT2D eigenvalue weighted by Crippen LogP contribution is -2.50. The Labute approximate surface area is 249 Å². The number of likely N-dealkylation sites (tertiary alicyclic amines) is 1. The maximum absolute atomic E-state index is 8.50. The summed E-state index contributed by atoms with van der Waals surface area (Å²) in [5.74, 6) is 1.07. The van der Waals surface area contributed by atoms with Crippen LogP contribution in [-0.2, 0) is 0 Å². The van der Waals surface area contributed by atoms with Crippen LogP contribution >= 0.6 is 0 Å². The average molecular weight is 565 g/mol. The fourth-order valence-corrected chi connectivity index (χ4v) is 7.07. The highest BCUT2D eigenvalue weighted by Gasteiger charge is 2.36. The van der Waals surface area contributed by atoms with Crippen LogP contribution in [0.4, 0.5) is 0 Å². The highest BCUT2D eigenvalue weighted by molar-refractivity contribution is 6.08. The number of likely N-dealkylation sites (N-methyl/N-ethyl adjacent to an activating group) is 1. The van der Waals surface area contributed by atoms with Crippen molar-refractivity contribution in [2.75, 3.05) is 27.2 Å². The van der Waals surface area contributed by atoms with E-state index in [1.807, 2.05) is 7.05 Å². The lowest BCUT2D eigenvalue weighted by molar-refractivity contribution is 0.149. The summed E-state index contributed by atoms with van der Waals surface area (Å²) in [4.78, 5) is 10.3. The molecule has 0 radical (unpaired) electrons. The first-order valence-electron chi connectivity index (χ1n) is 16.2. The molecule has 0 bridgehead atoms. The zero-order valence-electron chi connectivity index (χ0n) is 26.1. The molecule has 0 amide bonds. The van der Waals surface area contributed by atoms with Gasteiger partial charge in [-0.3, -0.25) is 0 Å². The number of hydrogen-bond donors (Lipinski definition) is 5. The Morgan fingerprint density at radius 1 is 1.10 bits per heavy atom. The molecule has 228 valence electrons. The second-order valence-electron chi connectivity index (χ2n) is 12.4. The van der Waals surface area contributed by atoms with E-state index >= 15 is 0 Å². The summed E-state index contributed by atoms with van der Waals surface area (Å²) in [6, 6.07) is 1.69. The third kappa shape index (κ3) is 7.63. The van der Waals surface area contributed by atoms with Gasteiger partial charge in [0.15, 0.2) is 0 Å². The molecule has 6 N–H and O–H groups in total. The number of allylic oxidation sites excluding steroid dienone is 2. The van der Waals surface area contributed by atoms with E-state index in [0.29, 0.717) is 12.1 Å². The monoisotopic (exact) mass is 564 g/mol. The molecule has 2 heterocycles. The van der Waals surface area contributed by atoms with E-state index in [1.54, 1.807) is 0 Å². The molecule has 3 fully saturated rings. The molecule has 3 atom stereocenters. The summed E-state index contributed by atoms with van der Waals surface area (Å²) in [5, 5.41) is 19.3. The van der Waals surface area contributed by atoms with Crippen molar-refractivity contribution >= 4 is 11.9 Å². The number of piperidine rings is 1. The van der Waals surface area contributed by atoms with E-state index in [2.05, 4.69) is 65.5 Å². The molecule has 8 heteroatoms. The quantitative estimate of drug-likeness (QED) is 0.163. The third-order valence-electron chi connectivity index (χ3n) is 9.57. The number of hydrogen-bond acceptors (Lipinski definition) is 8. The predicted molar refractivity (Wildman–Crippen MR) is 173 cm³/mol. The normalized spacial score (nSPS) is 27.3. The molecule has 4 aliphatic rings. The fraction of sp³-hybridized carbons (Fsp3) is 0.697. The first-order chi connectivity index (χ1) is 19.9. The number of nitrogens with two attached hydrogens (primary N) is 1. The van der Waals surface area contributed by atoms with Gasteiger partial charge in [0, 0.05) is 69.3 Å². The SMILES string of the molecule is C=C(NC)C1=NC(CC)=C(NC2CCC(N)C2)N(C)C1C(=C\CCC)/C(C=N)=C/NC1CCN(C2CCCC2)CC1. The second-order valence-corrected chi connectivity index (χ2v) is 12.4. The van der Waals surface area contributed by atoms with Crippen molar-refractivity contribution in [3.63, 3.8) is 0 Å². The van der Waals surface area contributed by atoms with Crippen LogP contribution in [0.3, 0.4) is 0 Å². The fourth-order valence-electron chi connectivity index (χ4n) is 7.07. The van der Waals surface area contributed by atoms with E-state index in [0.717, 1.165) is 91.5 Å². The van der Waals surface area contributed by atoms with E-state index < -0.39 is 0 Å². The first-order valence-corrected chi connectivity index (χ1v) is 16.2. The molecule has 8 nitrogen and oxygen atoms in total. The van der Waals surface area contributed by atoms with Crippen molar-refractivity contribution in [2.45, 2.75) is 121 Å². The van der Waals surface area contributed by atoms with Gasteiger partial charge in [-0.1, -0.05) is 45.8 Å². The molecule has 2 saturated carbocycles. The van der Waals surface area contributed by atoms with Crippen LogP contribution in [0, 0.1) is 5.41 Å². The molecule has 2 aliphatic heterocycles. The minimum Gasteiger partial charge on any atom is -0.388 e. The highest BCUT2D eigenvalue weighted by Crippen LogP contribution is 2.32. The van der Waals surface area contributed by atoms with Crippen molar-refractivity contribution in [1.82, 2.24) is 25.8 Å². The zero-order chi connectivity index (χ0) is 29.4. The third-order valence-corrected chi connectivity index (χ3v) is 9.57. The van der Waals surface area contributed by atoms with Crippen LogP contribution in [0.25, 0.3) is 0 Å². The Balaban J connectivity index is 1.59. The lowest BCUT2D eigenvalue weighted by Gasteiger charge is -2.40. The predicted octanol–water partition coefficient (Wildman–Crippen LogP) is 4.78. The van der Waals surface area contributed by atoms with E-state index in [1.165, 1.54) is 45.0 Å². The minimum atomic E-state index is -0.159.